The third-order valence-corrected chi connectivity index (χ3v) is 4.26. The Balaban J connectivity index is 1.54. The number of esters is 1. The Morgan fingerprint density at radius 2 is 2.00 bits per heavy atom. The number of carbonyl (C=O) groups is 2. The molecular formula is C18H19N3O6. The van der Waals surface area contributed by atoms with Gasteiger partial charge in [0, 0.05) is 24.5 Å². The summed E-state index contributed by atoms with van der Waals surface area (Å²) in [7, 11) is 0. The van der Waals surface area contributed by atoms with Crippen LogP contribution in [0.5, 0.6) is 0 Å². The maximum atomic E-state index is 12.0. The molecule has 1 amide bonds. The molecule has 3 rings (SSSR count). The van der Waals surface area contributed by atoms with Gasteiger partial charge in [-0.1, -0.05) is 0 Å². The molecule has 0 aliphatic carbocycles. The minimum Gasteiger partial charge on any atom is -0.450 e. The van der Waals surface area contributed by atoms with Gasteiger partial charge in [-0.25, -0.2) is 4.79 Å². The molecule has 2 aromatic rings. The van der Waals surface area contributed by atoms with Crippen LogP contribution in [0, 0.1) is 17.0 Å². The van der Waals surface area contributed by atoms with Crippen LogP contribution in [0.1, 0.15) is 29.0 Å². The van der Waals surface area contributed by atoms with Crippen LogP contribution in [0.3, 0.4) is 0 Å². The van der Waals surface area contributed by atoms with Gasteiger partial charge in [0.05, 0.1) is 6.07 Å². The lowest BCUT2D eigenvalue weighted by Crippen LogP contribution is -2.21. The number of nitrogens with one attached hydrogen (secondary N) is 1. The van der Waals surface area contributed by atoms with Crippen molar-refractivity contribution in [2.75, 3.05) is 29.9 Å². The molecule has 1 aromatic carbocycles. The first kappa shape index (κ1) is 18.4. The molecule has 142 valence electrons. The zero-order chi connectivity index (χ0) is 19.4. The van der Waals surface area contributed by atoms with E-state index in [9.17, 15) is 19.7 Å². The number of amides is 1. The van der Waals surface area contributed by atoms with Gasteiger partial charge < -0.3 is 19.4 Å². The summed E-state index contributed by atoms with van der Waals surface area (Å²) >= 11 is 0. The number of anilines is 2. The summed E-state index contributed by atoms with van der Waals surface area (Å²) in [5, 5.41) is 13.2. The maximum absolute atomic E-state index is 12.0. The number of nitro groups is 1. The summed E-state index contributed by atoms with van der Waals surface area (Å²) in [6, 6.07) is 7.94. The van der Waals surface area contributed by atoms with Crippen LogP contribution in [0.2, 0.25) is 0 Å². The molecular weight excluding hydrogens is 354 g/mol. The lowest BCUT2D eigenvalue weighted by atomic mass is 10.1. The van der Waals surface area contributed by atoms with Crippen molar-refractivity contribution in [3.8, 4) is 0 Å². The van der Waals surface area contributed by atoms with Crippen molar-refractivity contribution in [3.63, 3.8) is 0 Å². The number of nitrogens with zero attached hydrogens (tertiary/aromatic N) is 2. The second-order valence-electron chi connectivity index (χ2n) is 6.21. The van der Waals surface area contributed by atoms with E-state index in [1.165, 1.54) is 12.8 Å². The Bertz CT molecular complexity index is 870. The van der Waals surface area contributed by atoms with Crippen molar-refractivity contribution in [2.24, 2.45) is 0 Å². The third kappa shape index (κ3) is 4.43. The molecule has 1 aliphatic heterocycles. The van der Waals surface area contributed by atoms with Crippen LogP contribution in [0.15, 0.2) is 34.7 Å². The summed E-state index contributed by atoms with van der Waals surface area (Å²) in [5.41, 5.74) is 2.65. The fourth-order valence-electron chi connectivity index (χ4n) is 2.88. The number of hydrogen-bond acceptors (Lipinski definition) is 7. The van der Waals surface area contributed by atoms with Gasteiger partial charge in [0.1, 0.15) is 4.92 Å². The summed E-state index contributed by atoms with van der Waals surface area (Å²) in [5.74, 6) is -2.36. The molecule has 9 heteroatoms. The lowest BCUT2D eigenvalue weighted by molar-refractivity contribution is -0.402. The molecule has 1 saturated heterocycles. The number of aryl methyl sites for hydroxylation is 1. The van der Waals surface area contributed by atoms with E-state index in [0.717, 1.165) is 36.5 Å². The molecule has 0 saturated carbocycles. The zero-order valence-corrected chi connectivity index (χ0v) is 14.8. The highest BCUT2D eigenvalue weighted by molar-refractivity contribution is 5.95. The standard InChI is InChI=1S/C18H19N3O6/c1-12-10-13(20-8-2-3-9-20)4-5-14(12)19-16(22)11-26-18(23)15-6-7-17(27-15)21(24)25/h4-7,10H,2-3,8-9,11H2,1H3,(H,19,22). The van der Waals surface area contributed by atoms with Crippen molar-refractivity contribution in [1.82, 2.24) is 0 Å². The van der Waals surface area contributed by atoms with E-state index in [4.69, 9.17) is 9.15 Å². The van der Waals surface area contributed by atoms with E-state index in [1.807, 2.05) is 25.1 Å². The summed E-state index contributed by atoms with van der Waals surface area (Å²) < 4.78 is 9.55. The Hall–Kier alpha value is -3.36. The first-order chi connectivity index (χ1) is 12.9. The average Bonchev–Trinajstić information content (AvgIpc) is 3.33. The predicted molar refractivity (Wildman–Crippen MR) is 96.9 cm³/mol. The van der Waals surface area contributed by atoms with Crippen LogP contribution in [0.25, 0.3) is 0 Å². The molecule has 0 atom stereocenters. The molecule has 1 fully saturated rings. The third-order valence-electron chi connectivity index (χ3n) is 4.26. The molecule has 2 heterocycles. The number of ether oxygens (including phenoxy) is 1. The first-order valence-electron chi connectivity index (χ1n) is 8.51. The molecule has 0 spiro atoms. The van der Waals surface area contributed by atoms with Gasteiger partial charge in [-0.2, -0.15) is 0 Å². The highest BCUT2D eigenvalue weighted by atomic mass is 16.7. The smallest absolute Gasteiger partial charge is 0.433 e. The minimum atomic E-state index is -0.945. The molecule has 9 nitrogen and oxygen atoms in total. The Labute approximate surface area is 155 Å². The zero-order valence-electron chi connectivity index (χ0n) is 14.8. The predicted octanol–water partition coefficient (Wildman–Crippen LogP) is 2.89. The maximum Gasteiger partial charge on any atom is 0.433 e. The number of carbonyl (C=O) groups excluding carboxylic acids is 2. The van der Waals surface area contributed by atoms with Crippen LogP contribution >= 0.6 is 0 Å². The van der Waals surface area contributed by atoms with E-state index in [2.05, 4.69) is 10.2 Å². The molecule has 1 aliphatic rings. The average molecular weight is 373 g/mol. The van der Waals surface area contributed by atoms with Crippen LogP contribution in [0.4, 0.5) is 17.3 Å². The number of hydrogen-bond donors (Lipinski definition) is 1. The number of furan rings is 1. The lowest BCUT2D eigenvalue weighted by Gasteiger charge is -2.19. The van der Waals surface area contributed by atoms with E-state index >= 15 is 0 Å². The molecule has 1 aromatic heterocycles. The highest BCUT2D eigenvalue weighted by Crippen LogP contribution is 2.25. The summed E-state index contributed by atoms with van der Waals surface area (Å²) in [6.07, 6.45) is 2.36. The van der Waals surface area contributed by atoms with E-state index < -0.39 is 29.3 Å². The topological polar surface area (TPSA) is 115 Å². The van der Waals surface area contributed by atoms with Crippen LogP contribution < -0.4 is 10.2 Å². The SMILES string of the molecule is Cc1cc(N2CCCC2)ccc1NC(=O)COC(=O)c1ccc([N+](=O)[O-])o1. The summed E-state index contributed by atoms with van der Waals surface area (Å²) in [4.78, 5) is 35.9. The minimum absolute atomic E-state index is 0.333. The van der Waals surface area contributed by atoms with E-state index in [-0.39, 0.29) is 5.76 Å². The highest BCUT2D eigenvalue weighted by Gasteiger charge is 2.19. The largest absolute Gasteiger partial charge is 0.450 e. The number of benzene rings is 1. The monoisotopic (exact) mass is 373 g/mol. The van der Waals surface area contributed by atoms with Crippen molar-refractivity contribution >= 4 is 29.1 Å². The Morgan fingerprint density at radius 3 is 2.63 bits per heavy atom. The van der Waals surface area contributed by atoms with Crippen molar-refractivity contribution in [3.05, 3.63) is 51.8 Å². The van der Waals surface area contributed by atoms with E-state index in [0.29, 0.717) is 5.69 Å². The van der Waals surface area contributed by atoms with Gasteiger partial charge >= 0.3 is 11.9 Å². The molecule has 1 N–H and O–H groups in total. The van der Waals surface area contributed by atoms with Gasteiger partial charge in [0.25, 0.3) is 5.91 Å². The fourth-order valence-corrected chi connectivity index (χ4v) is 2.88. The van der Waals surface area contributed by atoms with Crippen LogP contribution in [-0.2, 0) is 9.53 Å². The van der Waals surface area contributed by atoms with Crippen molar-refractivity contribution < 1.29 is 23.7 Å². The normalized spacial score (nSPS) is 13.4. The number of rotatable bonds is 6. The summed E-state index contributed by atoms with van der Waals surface area (Å²) in [6.45, 7) is 3.43. The fraction of sp³-hybridized carbons (Fsp3) is 0.333. The van der Waals surface area contributed by atoms with Crippen molar-refractivity contribution in [2.45, 2.75) is 19.8 Å². The molecule has 0 bridgehead atoms. The van der Waals surface area contributed by atoms with Crippen LogP contribution in [-0.4, -0.2) is 36.5 Å². The van der Waals surface area contributed by atoms with Crippen molar-refractivity contribution in [1.29, 1.82) is 0 Å². The quantitative estimate of drug-likeness (QED) is 0.470. The Morgan fingerprint density at radius 1 is 1.26 bits per heavy atom. The van der Waals surface area contributed by atoms with Gasteiger partial charge in [-0.3, -0.25) is 14.9 Å². The second kappa shape index (κ2) is 7.90. The van der Waals surface area contributed by atoms with Gasteiger partial charge in [0.15, 0.2) is 6.61 Å². The second-order valence-corrected chi connectivity index (χ2v) is 6.21. The van der Waals surface area contributed by atoms with Gasteiger partial charge in [-0.15, -0.1) is 0 Å². The van der Waals surface area contributed by atoms with Gasteiger partial charge in [0.2, 0.25) is 5.76 Å². The first-order valence-corrected chi connectivity index (χ1v) is 8.51. The molecule has 27 heavy (non-hydrogen) atoms. The Kier molecular flexibility index (Phi) is 5.39. The van der Waals surface area contributed by atoms with E-state index in [1.54, 1.807) is 0 Å². The molecule has 0 radical (unpaired) electrons. The molecule has 0 unspecified atom stereocenters. The van der Waals surface area contributed by atoms with Gasteiger partial charge in [-0.05, 0) is 49.6 Å².